The SMILES string of the molecule is NCCO.NCCO.[Ti]. The van der Waals surface area contributed by atoms with Gasteiger partial charge in [-0.25, -0.2) is 0 Å². The Morgan fingerprint density at radius 3 is 1.00 bits per heavy atom. The van der Waals surface area contributed by atoms with E-state index in [0.717, 1.165) is 0 Å². The predicted octanol–water partition coefficient (Wildman–Crippen LogP) is -2.13. The summed E-state index contributed by atoms with van der Waals surface area (Å²) in [6, 6.07) is 0. The van der Waals surface area contributed by atoms with E-state index in [-0.39, 0.29) is 34.9 Å². The molecule has 0 aromatic carbocycles. The second-order valence-electron chi connectivity index (χ2n) is 1.02. The fraction of sp³-hybridized carbons (Fsp3) is 1.00. The molecule has 0 aliphatic rings. The van der Waals surface area contributed by atoms with Crippen molar-refractivity contribution in [2.24, 2.45) is 11.5 Å². The van der Waals surface area contributed by atoms with Crippen LogP contribution in [0.4, 0.5) is 0 Å². The summed E-state index contributed by atoms with van der Waals surface area (Å²) in [7, 11) is 0. The molecule has 0 heterocycles. The number of aliphatic hydroxyl groups is 2. The maximum absolute atomic E-state index is 7.75. The van der Waals surface area contributed by atoms with Crippen molar-refractivity contribution in [3.63, 3.8) is 0 Å². The first-order chi connectivity index (χ1) is 3.83. The van der Waals surface area contributed by atoms with Crippen molar-refractivity contribution in [1.29, 1.82) is 0 Å². The van der Waals surface area contributed by atoms with Crippen LogP contribution in [-0.4, -0.2) is 36.5 Å². The average Bonchev–Trinajstić information content (AvgIpc) is 1.88. The molecular weight excluding hydrogens is 156 g/mol. The van der Waals surface area contributed by atoms with Gasteiger partial charge in [-0.2, -0.15) is 0 Å². The summed E-state index contributed by atoms with van der Waals surface area (Å²) in [5.74, 6) is 0. The minimum Gasteiger partial charge on any atom is -0.395 e. The van der Waals surface area contributed by atoms with Crippen LogP contribution in [0.3, 0.4) is 0 Å². The van der Waals surface area contributed by atoms with Crippen LogP contribution in [0.15, 0.2) is 0 Å². The van der Waals surface area contributed by atoms with E-state index >= 15 is 0 Å². The number of nitrogens with two attached hydrogens (primary N) is 2. The maximum Gasteiger partial charge on any atom is 0.0553 e. The van der Waals surface area contributed by atoms with E-state index in [2.05, 4.69) is 0 Å². The van der Waals surface area contributed by atoms with Gasteiger partial charge in [0, 0.05) is 34.8 Å². The summed E-state index contributed by atoms with van der Waals surface area (Å²) < 4.78 is 0. The number of hydrogen-bond acceptors (Lipinski definition) is 4. The molecule has 0 aromatic heterocycles. The molecule has 0 amide bonds. The van der Waals surface area contributed by atoms with Crippen LogP contribution in [0.1, 0.15) is 0 Å². The largest absolute Gasteiger partial charge is 0.395 e. The summed E-state index contributed by atoms with van der Waals surface area (Å²) in [5.41, 5.74) is 9.56. The molecule has 9 heavy (non-hydrogen) atoms. The Morgan fingerprint density at radius 2 is 1.00 bits per heavy atom. The molecule has 0 fully saturated rings. The molecular formula is C4H14N2O2Ti. The third-order valence-corrected chi connectivity index (χ3v) is 0.258. The monoisotopic (exact) mass is 170 g/mol. The van der Waals surface area contributed by atoms with Gasteiger partial charge in [0.1, 0.15) is 0 Å². The summed E-state index contributed by atoms with van der Waals surface area (Å²) in [6.45, 7) is 0.944. The first-order valence-electron chi connectivity index (χ1n) is 2.45. The van der Waals surface area contributed by atoms with Crippen LogP contribution in [0.5, 0.6) is 0 Å². The second kappa shape index (κ2) is 23.5. The van der Waals surface area contributed by atoms with Crippen molar-refractivity contribution >= 4 is 0 Å². The normalized spacial score (nSPS) is 6.67. The Balaban J connectivity index is -0.0000000720. The zero-order valence-corrected chi connectivity index (χ0v) is 6.94. The van der Waals surface area contributed by atoms with Gasteiger partial charge in [0.25, 0.3) is 0 Å². The molecule has 6 N–H and O–H groups in total. The van der Waals surface area contributed by atoms with Gasteiger partial charge in [0.15, 0.2) is 0 Å². The van der Waals surface area contributed by atoms with Crippen LogP contribution in [0.2, 0.25) is 0 Å². The van der Waals surface area contributed by atoms with Gasteiger partial charge in [-0.15, -0.1) is 0 Å². The van der Waals surface area contributed by atoms with E-state index in [1.165, 1.54) is 0 Å². The van der Waals surface area contributed by atoms with E-state index in [0.29, 0.717) is 13.1 Å². The van der Waals surface area contributed by atoms with Gasteiger partial charge in [0.05, 0.1) is 13.2 Å². The van der Waals surface area contributed by atoms with Gasteiger partial charge in [-0.05, 0) is 0 Å². The van der Waals surface area contributed by atoms with Crippen LogP contribution in [0.25, 0.3) is 0 Å². The van der Waals surface area contributed by atoms with Crippen molar-refractivity contribution in [3.05, 3.63) is 0 Å². The molecule has 0 saturated heterocycles. The van der Waals surface area contributed by atoms with Gasteiger partial charge < -0.3 is 21.7 Å². The van der Waals surface area contributed by atoms with E-state index < -0.39 is 0 Å². The van der Waals surface area contributed by atoms with E-state index in [1.54, 1.807) is 0 Å². The van der Waals surface area contributed by atoms with E-state index in [1.807, 2.05) is 0 Å². The van der Waals surface area contributed by atoms with Crippen LogP contribution in [0, 0.1) is 0 Å². The average molecular weight is 170 g/mol. The van der Waals surface area contributed by atoms with Crippen molar-refractivity contribution in [2.45, 2.75) is 0 Å². The Labute approximate surface area is 70.1 Å². The Bertz CT molecular complexity index is 24.5. The van der Waals surface area contributed by atoms with Gasteiger partial charge in [-0.1, -0.05) is 0 Å². The molecule has 5 heteroatoms. The molecule has 0 saturated carbocycles. The van der Waals surface area contributed by atoms with E-state index in [4.69, 9.17) is 21.7 Å². The van der Waals surface area contributed by atoms with Crippen LogP contribution < -0.4 is 11.5 Å². The van der Waals surface area contributed by atoms with Crippen LogP contribution >= 0.6 is 0 Å². The zero-order chi connectivity index (χ0) is 6.83. The minimum absolute atomic E-state index is 0. The number of aliphatic hydroxyl groups excluding tert-OH is 2. The maximum atomic E-state index is 7.75. The molecule has 0 rings (SSSR count). The smallest absolute Gasteiger partial charge is 0.0553 e. The quantitative estimate of drug-likeness (QED) is 0.356. The molecule has 56 valence electrons. The van der Waals surface area contributed by atoms with Crippen molar-refractivity contribution in [2.75, 3.05) is 26.3 Å². The standard InChI is InChI=1S/2C2H7NO.Ti/c2*3-1-2-4;/h2*4H,1-3H2;. The molecule has 4 nitrogen and oxygen atoms in total. The Hall–Kier alpha value is 0.554. The molecule has 0 atom stereocenters. The van der Waals surface area contributed by atoms with Crippen molar-refractivity contribution in [1.82, 2.24) is 0 Å². The molecule has 0 aliphatic carbocycles. The van der Waals surface area contributed by atoms with Crippen molar-refractivity contribution in [3.8, 4) is 0 Å². The summed E-state index contributed by atoms with van der Waals surface area (Å²) in [5, 5.41) is 15.5. The third-order valence-electron chi connectivity index (χ3n) is 0.258. The molecule has 0 spiro atoms. The molecule has 0 aliphatic heterocycles. The predicted molar refractivity (Wildman–Crippen MR) is 32.3 cm³/mol. The fourth-order valence-electron chi connectivity index (χ4n) is 0. The first-order valence-corrected chi connectivity index (χ1v) is 2.45. The second-order valence-corrected chi connectivity index (χ2v) is 1.02. The summed E-state index contributed by atoms with van der Waals surface area (Å²) in [4.78, 5) is 0. The first kappa shape index (κ1) is 16.3. The minimum atomic E-state index is 0. The topological polar surface area (TPSA) is 92.5 Å². The molecule has 0 aromatic rings. The van der Waals surface area contributed by atoms with E-state index in [9.17, 15) is 0 Å². The van der Waals surface area contributed by atoms with Gasteiger partial charge >= 0.3 is 0 Å². The van der Waals surface area contributed by atoms with Crippen LogP contribution in [-0.2, 0) is 21.7 Å². The fourth-order valence-corrected chi connectivity index (χ4v) is 0. The van der Waals surface area contributed by atoms with Gasteiger partial charge in [0.2, 0.25) is 0 Å². The Morgan fingerprint density at radius 1 is 0.889 bits per heavy atom. The molecule has 0 radical (unpaired) electrons. The molecule has 0 unspecified atom stereocenters. The molecule has 0 bridgehead atoms. The third kappa shape index (κ3) is 56.3. The summed E-state index contributed by atoms with van der Waals surface area (Å²) in [6.07, 6.45) is 0. The Kier molecular flexibility index (Phi) is 42.6. The van der Waals surface area contributed by atoms with Crippen molar-refractivity contribution < 1.29 is 31.9 Å². The van der Waals surface area contributed by atoms with Gasteiger partial charge in [-0.3, -0.25) is 0 Å². The number of rotatable bonds is 2. The number of hydrogen-bond donors (Lipinski definition) is 4. The zero-order valence-electron chi connectivity index (χ0n) is 5.38. The summed E-state index contributed by atoms with van der Waals surface area (Å²) >= 11 is 0.